The Balaban J connectivity index is 2.97. The predicted molar refractivity (Wildman–Crippen MR) is 71.1 cm³/mol. The molecule has 0 saturated carbocycles. The second kappa shape index (κ2) is 5.07. The fraction of sp³-hybridized carbons (Fsp3) is 0.417. The van der Waals surface area contributed by atoms with Gasteiger partial charge in [0.2, 0.25) is 5.91 Å². The Morgan fingerprint density at radius 3 is 2.56 bits per heavy atom. The lowest BCUT2D eigenvalue weighted by Crippen LogP contribution is -2.47. The molecule has 3 N–H and O–H groups in total. The topological polar surface area (TPSA) is 89.3 Å². The SMILES string of the molecule is CCC(C)(N)C(=O)Nc1cccc(S(C)(=O)=O)c1. The predicted octanol–water partition coefficient (Wildman–Crippen LogP) is 1.16. The van der Waals surface area contributed by atoms with E-state index >= 15 is 0 Å². The highest BCUT2D eigenvalue weighted by atomic mass is 32.2. The lowest BCUT2D eigenvalue weighted by atomic mass is 9.99. The van der Waals surface area contributed by atoms with Gasteiger partial charge in [-0.15, -0.1) is 0 Å². The summed E-state index contributed by atoms with van der Waals surface area (Å²) < 4.78 is 22.8. The maximum atomic E-state index is 11.8. The van der Waals surface area contributed by atoms with Crippen molar-refractivity contribution in [2.24, 2.45) is 5.73 Å². The monoisotopic (exact) mass is 270 g/mol. The lowest BCUT2D eigenvalue weighted by Gasteiger charge is -2.21. The highest BCUT2D eigenvalue weighted by Crippen LogP contribution is 2.17. The first-order valence-electron chi connectivity index (χ1n) is 5.57. The van der Waals surface area contributed by atoms with Crippen LogP contribution in [0.3, 0.4) is 0 Å². The van der Waals surface area contributed by atoms with Gasteiger partial charge in [-0.2, -0.15) is 0 Å². The number of carbonyl (C=O) groups excluding carboxylic acids is 1. The number of hydrogen-bond donors (Lipinski definition) is 2. The van der Waals surface area contributed by atoms with E-state index in [1.165, 1.54) is 12.1 Å². The van der Waals surface area contributed by atoms with Crippen LogP contribution in [0.4, 0.5) is 5.69 Å². The number of benzene rings is 1. The Morgan fingerprint density at radius 1 is 1.44 bits per heavy atom. The minimum absolute atomic E-state index is 0.163. The second-order valence-corrected chi connectivity index (χ2v) is 6.54. The highest BCUT2D eigenvalue weighted by Gasteiger charge is 2.26. The summed E-state index contributed by atoms with van der Waals surface area (Å²) in [5.41, 5.74) is 5.25. The van der Waals surface area contributed by atoms with Gasteiger partial charge in [0.05, 0.1) is 10.4 Å². The van der Waals surface area contributed by atoms with E-state index in [1.54, 1.807) is 19.1 Å². The highest BCUT2D eigenvalue weighted by molar-refractivity contribution is 7.90. The average molecular weight is 270 g/mol. The molecule has 0 saturated heterocycles. The molecule has 0 heterocycles. The average Bonchev–Trinajstić information content (AvgIpc) is 2.28. The maximum absolute atomic E-state index is 11.8. The van der Waals surface area contributed by atoms with Crippen molar-refractivity contribution in [2.45, 2.75) is 30.7 Å². The van der Waals surface area contributed by atoms with Gasteiger partial charge in [-0.05, 0) is 31.5 Å². The Kier molecular flexibility index (Phi) is 4.13. The minimum atomic E-state index is -3.28. The number of amides is 1. The van der Waals surface area contributed by atoms with Crippen molar-refractivity contribution in [1.82, 2.24) is 0 Å². The zero-order valence-corrected chi connectivity index (χ0v) is 11.5. The van der Waals surface area contributed by atoms with Crippen LogP contribution in [0.5, 0.6) is 0 Å². The molecule has 5 nitrogen and oxygen atoms in total. The van der Waals surface area contributed by atoms with Crippen LogP contribution in [0.15, 0.2) is 29.2 Å². The smallest absolute Gasteiger partial charge is 0.244 e. The van der Waals surface area contributed by atoms with Gasteiger partial charge in [-0.3, -0.25) is 4.79 Å². The molecule has 0 aliphatic heterocycles. The van der Waals surface area contributed by atoms with Crippen LogP contribution in [-0.4, -0.2) is 26.1 Å². The van der Waals surface area contributed by atoms with E-state index in [1.807, 2.05) is 6.92 Å². The third kappa shape index (κ3) is 3.54. The molecule has 0 aliphatic carbocycles. The van der Waals surface area contributed by atoms with Crippen LogP contribution in [0.25, 0.3) is 0 Å². The summed E-state index contributed by atoms with van der Waals surface area (Å²) in [6.07, 6.45) is 1.61. The number of carbonyl (C=O) groups is 1. The number of sulfone groups is 1. The third-order valence-electron chi connectivity index (χ3n) is 2.77. The molecule has 100 valence electrons. The van der Waals surface area contributed by atoms with Crippen LogP contribution in [0.2, 0.25) is 0 Å². The van der Waals surface area contributed by atoms with E-state index in [0.717, 1.165) is 6.26 Å². The first kappa shape index (κ1) is 14.7. The summed E-state index contributed by atoms with van der Waals surface area (Å²) >= 11 is 0. The van der Waals surface area contributed by atoms with Crippen molar-refractivity contribution in [3.8, 4) is 0 Å². The molecule has 1 amide bonds. The standard InChI is InChI=1S/C12H18N2O3S/c1-4-12(2,13)11(15)14-9-6-5-7-10(8-9)18(3,16)17/h5-8H,4,13H2,1-3H3,(H,14,15). The lowest BCUT2D eigenvalue weighted by molar-refractivity contribution is -0.120. The van der Waals surface area contributed by atoms with Crippen LogP contribution < -0.4 is 11.1 Å². The molecule has 1 aromatic rings. The van der Waals surface area contributed by atoms with Gasteiger partial charge in [-0.25, -0.2) is 8.42 Å². The number of anilines is 1. The molecular weight excluding hydrogens is 252 g/mol. The molecule has 6 heteroatoms. The summed E-state index contributed by atoms with van der Waals surface area (Å²) in [5.74, 6) is -0.337. The molecule has 0 aliphatic rings. The van der Waals surface area contributed by atoms with Gasteiger partial charge >= 0.3 is 0 Å². The van der Waals surface area contributed by atoms with E-state index in [9.17, 15) is 13.2 Å². The zero-order valence-electron chi connectivity index (χ0n) is 10.7. The van der Waals surface area contributed by atoms with Crippen LogP contribution in [0.1, 0.15) is 20.3 Å². The molecule has 0 fully saturated rings. The first-order valence-corrected chi connectivity index (χ1v) is 7.46. The second-order valence-electron chi connectivity index (χ2n) is 4.53. The minimum Gasteiger partial charge on any atom is -0.324 e. The van der Waals surface area contributed by atoms with Crippen LogP contribution in [0, 0.1) is 0 Å². The van der Waals surface area contributed by atoms with Gasteiger partial charge in [0.1, 0.15) is 0 Å². The van der Waals surface area contributed by atoms with Gasteiger partial charge in [0.25, 0.3) is 0 Å². The van der Waals surface area contributed by atoms with Gasteiger partial charge in [-0.1, -0.05) is 13.0 Å². The Morgan fingerprint density at radius 2 is 2.06 bits per heavy atom. The Labute approximate surface area is 107 Å². The molecule has 1 rings (SSSR count). The third-order valence-corrected chi connectivity index (χ3v) is 3.88. The van der Waals surface area contributed by atoms with E-state index in [2.05, 4.69) is 5.32 Å². The number of rotatable bonds is 4. The van der Waals surface area contributed by atoms with E-state index < -0.39 is 15.4 Å². The van der Waals surface area contributed by atoms with E-state index in [-0.39, 0.29) is 10.8 Å². The molecule has 0 bridgehead atoms. The van der Waals surface area contributed by atoms with Crippen LogP contribution >= 0.6 is 0 Å². The van der Waals surface area contributed by atoms with Gasteiger partial charge in [0, 0.05) is 11.9 Å². The summed E-state index contributed by atoms with van der Waals surface area (Å²) in [6, 6.07) is 6.09. The van der Waals surface area contributed by atoms with Crippen molar-refractivity contribution >= 4 is 21.4 Å². The van der Waals surface area contributed by atoms with Crippen molar-refractivity contribution < 1.29 is 13.2 Å². The molecular formula is C12H18N2O3S. The van der Waals surface area contributed by atoms with E-state index in [0.29, 0.717) is 12.1 Å². The fourth-order valence-electron chi connectivity index (χ4n) is 1.24. The molecule has 1 atom stereocenters. The van der Waals surface area contributed by atoms with Crippen molar-refractivity contribution in [1.29, 1.82) is 0 Å². The number of nitrogens with one attached hydrogen (secondary N) is 1. The molecule has 0 spiro atoms. The maximum Gasteiger partial charge on any atom is 0.244 e. The Hall–Kier alpha value is -1.40. The molecule has 0 aromatic heterocycles. The number of nitrogens with two attached hydrogens (primary N) is 1. The molecule has 1 unspecified atom stereocenters. The molecule has 0 radical (unpaired) electrons. The van der Waals surface area contributed by atoms with Crippen LogP contribution in [-0.2, 0) is 14.6 Å². The van der Waals surface area contributed by atoms with Crippen molar-refractivity contribution in [2.75, 3.05) is 11.6 Å². The first-order chi connectivity index (χ1) is 8.16. The summed E-state index contributed by atoms with van der Waals surface area (Å²) in [5, 5.41) is 2.62. The zero-order chi connectivity index (χ0) is 14.0. The van der Waals surface area contributed by atoms with Gasteiger partial charge < -0.3 is 11.1 Å². The van der Waals surface area contributed by atoms with Crippen molar-refractivity contribution in [3.05, 3.63) is 24.3 Å². The van der Waals surface area contributed by atoms with Crippen molar-refractivity contribution in [3.63, 3.8) is 0 Å². The molecule has 1 aromatic carbocycles. The normalized spacial score (nSPS) is 14.9. The largest absolute Gasteiger partial charge is 0.324 e. The summed E-state index contributed by atoms with van der Waals surface area (Å²) in [7, 11) is -3.28. The fourth-order valence-corrected chi connectivity index (χ4v) is 1.91. The Bertz CT molecular complexity index is 550. The quantitative estimate of drug-likeness (QED) is 0.859. The summed E-state index contributed by atoms with van der Waals surface area (Å²) in [6.45, 7) is 3.44. The molecule has 18 heavy (non-hydrogen) atoms. The van der Waals surface area contributed by atoms with Gasteiger partial charge in [0.15, 0.2) is 9.84 Å². The number of hydrogen-bond acceptors (Lipinski definition) is 4. The van der Waals surface area contributed by atoms with E-state index in [4.69, 9.17) is 5.73 Å². The summed E-state index contributed by atoms with van der Waals surface area (Å²) in [4.78, 5) is 12.0.